The number of aliphatic hydroxyl groups is 1. The molecule has 0 aromatic carbocycles. The van der Waals surface area contributed by atoms with Gasteiger partial charge in [0.25, 0.3) is 0 Å². The van der Waals surface area contributed by atoms with Gasteiger partial charge in [0, 0.05) is 4.08 Å². The van der Waals surface area contributed by atoms with Crippen LogP contribution in [-0.2, 0) is 0 Å². The van der Waals surface area contributed by atoms with E-state index in [0.717, 1.165) is 12.0 Å². The SMILES string of the molecule is CCC1=CC=IC=C1O. The first-order valence-corrected chi connectivity index (χ1v) is 5.37. The van der Waals surface area contributed by atoms with Gasteiger partial charge in [-0.25, -0.2) is 0 Å². The van der Waals surface area contributed by atoms with E-state index >= 15 is 0 Å². The van der Waals surface area contributed by atoms with E-state index in [9.17, 15) is 0 Å². The molecule has 0 saturated carbocycles. The smallest absolute Gasteiger partial charge is 0.124 e. The van der Waals surface area contributed by atoms with Crippen molar-refractivity contribution in [2.24, 2.45) is 0 Å². The maximum Gasteiger partial charge on any atom is 0.124 e. The molecule has 0 radical (unpaired) electrons. The molecule has 0 unspecified atom stereocenters. The summed E-state index contributed by atoms with van der Waals surface area (Å²) in [7, 11) is 0. The van der Waals surface area contributed by atoms with Crippen LogP contribution in [0, 0.1) is 0 Å². The summed E-state index contributed by atoms with van der Waals surface area (Å²) >= 11 is 0.0278. The number of aliphatic hydroxyl groups excluding tert-OH is 1. The average molecular weight is 236 g/mol. The highest BCUT2D eigenvalue weighted by molar-refractivity contribution is 14.2. The Bertz CT molecular complexity index is 189. The molecular formula is C7H9IO. The number of hydrogen-bond donors (Lipinski definition) is 1. The molecule has 0 saturated heterocycles. The van der Waals surface area contributed by atoms with E-state index in [0.29, 0.717) is 5.76 Å². The van der Waals surface area contributed by atoms with Crippen molar-refractivity contribution < 1.29 is 5.11 Å². The van der Waals surface area contributed by atoms with Gasteiger partial charge < -0.3 is 5.11 Å². The van der Waals surface area contributed by atoms with Crippen LogP contribution in [0.25, 0.3) is 0 Å². The zero-order valence-electron chi connectivity index (χ0n) is 5.26. The van der Waals surface area contributed by atoms with Crippen molar-refractivity contribution in [2.75, 3.05) is 0 Å². The van der Waals surface area contributed by atoms with Crippen LogP contribution in [0.4, 0.5) is 0 Å². The van der Waals surface area contributed by atoms with Crippen molar-refractivity contribution in [3.63, 3.8) is 0 Å². The van der Waals surface area contributed by atoms with Crippen LogP contribution in [0.2, 0.25) is 0 Å². The first kappa shape index (κ1) is 6.99. The van der Waals surface area contributed by atoms with Crippen LogP contribution in [0.3, 0.4) is 0 Å². The van der Waals surface area contributed by atoms with Gasteiger partial charge in [-0.3, -0.25) is 0 Å². The van der Waals surface area contributed by atoms with E-state index in [1.54, 1.807) is 0 Å². The Morgan fingerprint density at radius 1 is 1.67 bits per heavy atom. The maximum absolute atomic E-state index is 9.17. The fourth-order valence-electron chi connectivity index (χ4n) is 0.663. The van der Waals surface area contributed by atoms with E-state index in [4.69, 9.17) is 5.11 Å². The molecule has 0 aromatic heterocycles. The highest BCUT2D eigenvalue weighted by Crippen LogP contribution is 2.18. The lowest BCUT2D eigenvalue weighted by Gasteiger charge is -2.02. The third-order valence-electron chi connectivity index (χ3n) is 1.21. The second-order valence-corrected chi connectivity index (χ2v) is 3.85. The molecular weight excluding hydrogens is 227 g/mol. The molecule has 1 rings (SSSR count). The fourth-order valence-corrected chi connectivity index (χ4v) is 2.25. The first-order chi connectivity index (χ1) is 4.34. The second-order valence-electron chi connectivity index (χ2n) is 1.79. The molecule has 0 aromatic rings. The van der Waals surface area contributed by atoms with Crippen LogP contribution >= 0.6 is 20.7 Å². The molecule has 0 bridgehead atoms. The lowest BCUT2D eigenvalue weighted by Crippen LogP contribution is -1.88. The lowest BCUT2D eigenvalue weighted by atomic mass is 10.2. The maximum atomic E-state index is 9.17. The summed E-state index contributed by atoms with van der Waals surface area (Å²) in [6, 6.07) is 0. The van der Waals surface area contributed by atoms with Gasteiger partial charge in [0.15, 0.2) is 0 Å². The minimum atomic E-state index is 0.0278. The lowest BCUT2D eigenvalue weighted by molar-refractivity contribution is 0.422. The largest absolute Gasteiger partial charge is 0.507 e. The Morgan fingerprint density at radius 3 is 2.89 bits per heavy atom. The van der Waals surface area contributed by atoms with Gasteiger partial charge in [-0.15, -0.1) is 0 Å². The van der Waals surface area contributed by atoms with E-state index in [2.05, 4.69) is 4.01 Å². The Labute approximate surface area is 64.8 Å². The van der Waals surface area contributed by atoms with Crippen LogP contribution in [0.15, 0.2) is 21.5 Å². The summed E-state index contributed by atoms with van der Waals surface area (Å²) in [6.45, 7) is 2.05. The summed E-state index contributed by atoms with van der Waals surface area (Å²) in [5.41, 5.74) is 1.07. The van der Waals surface area contributed by atoms with Crippen molar-refractivity contribution in [2.45, 2.75) is 13.3 Å². The predicted molar refractivity (Wildman–Crippen MR) is 49.2 cm³/mol. The molecule has 2 heteroatoms. The third kappa shape index (κ3) is 1.64. The van der Waals surface area contributed by atoms with Gasteiger partial charge in [-0.05, 0) is 22.1 Å². The standard InChI is InChI=1S/C7H9IO/c1-2-6-3-4-8-5-7(6)9/h3-5,9H,2H2,1H3. The summed E-state index contributed by atoms with van der Waals surface area (Å²) in [5, 5.41) is 9.17. The van der Waals surface area contributed by atoms with Gasteiger partial charge in [0.1, 0.15) is 5.76 Å². The quantitative estimate of drug-likeness (QED) is 0.693. The molecule has 0 atom stereocenters. The van der Waals surface area contributed by atoms with E-state index in [-0.39, 0.29) is 20.7 Å². The van der Waals surface area contributed by atoms with Gasteiger partial charge in [-0.2, -0.15) is 0 Å². The van der Waals surface area contributed by atoms with Gasteiger partial charge >= 0.3 is 0 Å². The molecule has 0 aliphatic carbocycles. The molecule has 1 aliphatic rings. The van der Waals surface area contributed by atoms with Crippen molar-refractivity contribution >= 4 is 24.7 Å². The van der Waals surface area contributed by atoms with Gasteiger partial charge in [0.2, 0.25) is 0 Å². The van der Waals surface area contributed by atoms with Gasteiger partial charge in [0.05, 0.1) is 0 Å². The molecule has 0 amide bonds. The number of allylic oxidation sites excluding steroid dienone is 2. The molecule has 1 heterocycles. The number of rotatable bonds is 1. The van der Waals surface area contributed by atoms with Crippen molar-refractivity contribution in [1.82, 2.24) is 0 Å². The molecule has 1 aliphatic heterocycles. The normalized spacial score (nSPS) is 17.9. The van der Waals surface area contributed by atoms with Crippen molar-refractivity contribution in [1.29, 1.82) is 0 Å². The highest BCUT2D eigenvalue weighted by Gasteiger charge is 1.99. The third-order valence-corrected chi connectivity index (χ3v) is 2.94. The Morgan fingerprint density at radius 2 is 2.44 bits per heavy atom. The van der Waals surface area contributed by atoms with Crippen LogP contribution in [0.1, 0.15) is 13.3 Å². The Hall–Kier alpha value is -0.120. The van der Waals surface area contributed by atoms with E-state index < -0.39 is 0 Å². The van der Waals surface area contributed by atoms with E-state index in [1.807, 2.05) is 17.1 Å². The molecule has 50 valence electrons. The minimum Gasteiger partial charge on any atom is -0.507 e. The van der Waals surface area contributed by atoms with Crippen LogP contribution < -0.4 is 0 Å². The molecule has 9 heavy (non-hydrogen) atoms. The molecule has 1 N–H and O–H groups in total. The summed E-state index contributed by atoms with van der Waals surface area (Å²) < 4.78 is 4.11. The second kappa shape index (κ2) is 3.15. The molecule has 1 nitrogen and oxygen atoms in total. The fraction of sp³-hybridized carbons (Fsp3) is 0.286. The Balaban J connectivity index is 2.83. The minimum absolute atomic E-state index is 0.0278. The number of halogens is 1. The topological polar surface area (TPSA) is 20.2 Å². The Kier molecular flexibility index (Phi) is 2.45. The average Bonchev–Trinajstić information content (AvgIpc) is 1.89. The first-order valence-electron chi connectivity index (χ1n) is 2.88. The molecule has 0 fully saturated rings. The zero-order chi connectivity index (χ0) is 6.69. The van der Waals surface area contributed by atoms with Crippen LogP contribution in [0.5, 0.6) is 0 Å². The van der Waals surface area contributed by atoms with Gasteiger partial charge in [-0.1, -0.05) is 27.7 Å². The summed E-state index contributed by atoms with van der Waals surface area (Å²) in [4.78, 5) is 0. The van der Waals surface area contributed by atoms with Crippen LogP contribution in [-0.4, -0.2) is 9.12 Å². The van der Waals surface area contributed by atoms with Crippen molar-refractivity contribution in [3.8, 4) is 0 Å². The molecule has 0 spiro atoms. The zero-order valence-corrected chi connectivity index (χ0v) is 7.42. The summed E-state index contributed by atoms with van der Waals surface area (Å²) in [6.07, 6.45) is 2.96. The predicted octanol–water partition coefficient (Wildman–Crippen LogP) is 2.51. The summed E-state index contributed by atoms with van der Waals surface area (Å²) in [5.74, 6) is 0.507. The van der Waals surface area contributed by atoms with E-state index in [1.165, 1.54) is 0 Å². The number of hydrogen-bond acceptors (Lipinski definition) is 1. The monoisotopic (exact) mass is 236 g/mol. The highest BCUT2D eigenvalue weighted by atomic mass is 127. The van der Waals surface area contributed by atoms with Crippen molar-refractivity contribution in [3.05, 3.63) is 21.5 Å².